The molecule has 2 N–H and O–H groups in total. The number of nitrogens with two attached hydrogens (primary N) is 1. The summed E-state index contributed by atoms with van der Waals surface area (Å²) in [6.45, 7) is 3.99. The Bertz CT molecular complexity index is 365. The van der Waals surface area contributed by atoms with Crippen molar-refractivity contribution in [1.82, 2.24) is 0 Å². The van der Waals surface area contributed by atoms with Gasteiger partial charge in [-0.05, 0) is 50.4 Å². The molecule has 1 aliphatic heterocycles. The monoisotopic (exact) mass is 238 g/mol. The predicted octanol–water partition coefficient (Wildman–Crippen LogP) is 2.97. The van der Waals surface area contributed by atoms with Gasteiger partial charge in [0, 0.05) is 23.3 Å². The topological polar surface area (TPSA) is 29.3 Å². The van der Waals surface area contributed by atoms with Crippen molar-refractivity contribution in [3.8, 4) is 0 Å². The lowest BCUT2D eigenvalue weighted by molar-refractivity contribution is 0.618. The molecule has 0 bridgehead atoms. The zero-order chi connectivity index (χ0) is 11.5. The van der Waals surface area contributed by atoms with Crippen LogP contribution in [0.4, 0.5) is 5.69 Å². The number of benzene rings is 1. The molecule has 2 nitrogen and oxygen atoms in total. The van der Waals surface area contributed by atoms with E-state index < -0.39 is 0 Å². The SMILES string of the molecule is Cc1c(Cl)cccc1N1CCCC1CCN. The Kier molecular flexibility index (Phi) is 3.72. The normalized spacial score (nSPS) is 20.4. The molecular formula is C13H19ClN2. The third-order valence-electron chi connectivity index (χ3n) is 3.43. The van der Waals surface area contributed by atoms with Crippen molar-refractivity contribution in [2.24, 2.45) is 5.73 Å². The Morgan fingerprint density at radius 2 is 2.31 bits per heavy atom. The zero-order valence-electron chi connectivity index (χ0n) is 9.75. The second kappa shape index (κ2) is 5.07. The Labute approximate surface area is 102 Å². The zero-order valence-corrected chi connectivity index (χ0v) is 10.5. The van der Waals surface area contributed by atoms with Crippen LogP contribution < -0.4 is 10.6 Å². The summed E-state index contributed by atoms with van der Waals surface area (Å²) in [5, 5.41) is 0.857. The molecule has 3 heteroatoms. The van der Waals surface area contributed by atoms with Crippen LogP contribution in [-0.4, -0.2) is 19.1 Å². The van der Waals surface area contributed by atoms with Crippen molar-refractivity contribution in [2.75, 3.05) is 18.0 Å². The number of halogens is 1. The van der Waals surface area contributed by atoms with Crippen LogP contribution in [0.3, 0.4) is 0 Å². The van der Waals surface area contributed by atoms with E-state index in [0.717, 1.165) is 24.5 Å². The molecule has 0 amide bonds. The van der Waals surface area contributed by atoms with Gasteiger partial charge in [-0.25, -0.2) is 0 Å². The highest BCUT2D eigenvalue weighted by atomic mass is 35.5. The molecule has 0 aromatic heterocycles. The van der Waals surface area contributed by atoms with Crippen molar-refractivity contribution < 1.29 is 0 Å². The first-order chi connectivity index (χ1) is 7.74. The van der Waals surface area contributed by atoms with Gasteiger partial charge in [-0.1, -0.05) is 17.7 Å². The summed E-state index contributed by atoms with van der Waals surface area (Å²) in [6, 6.07) is 6.75. The number of nitrogens with zero attached hydrogens (tertiary/aromatic N) is 1. The van der Waals surface area contributed by atoms with Crippen LogP contribution in [0.1, 0.15) is 24.8 Å². The van der Waals surface area contributed by atoms with Crippen molar-refractivity contribution >= 4 is 17.3 Å². The second-order valence-corrected chi connectivity index (χ2v) is 4.86. The maximum Gasteiger partial charge on any atom is 0.0455 e. The Hall–Kier alpha value is -0.730. The molecule has 1 aromatic rings. The van der Waals surface area contributed by atoms with Crippen LogP contribution in [0.15, 0.2) is 18.2 Å². The highest BCUT2D eigenvalue weighted by Gasteiger charge is 2.25. The first kappa shape index (κ1) is 11.7. The van der Waals surface area contributed by atoms with Gasteiger partial charge in [-0.15, -0.1) is 0 Å². The van der Waals surface area contributed by atoms with Gasteiger partial charge in [-0.2, -0.15) is 0 Å². The smallest absolute Gasteiger partial charge is 0.0455 e. The summed E-state index contributed by atoms with van der Waals surface area (Å²) >= 11 is 6.17. The van der Waals surface area contributed by atoms with Crippen LogP contribution in [-0.2, 0) is 0 Å². The van der Waals surface area contributed by atoms with Crippen LogP contribution >= 0.6 is 11.6 Å². The number of hydrogen-bond donors (Lipinski definition) is 1. The van der Waals surface area contributed by atoms with E-state index in [1.54, 1.807) is 0 Å². The van der Waals surface area contributed by atoms with E-state index in [1.165, 1.54) is 24.1 Å². The summed E-state index contributed by atoms with van der Waals surface area (Å²) in [7, 11) is 0. The summed E-state index contributed by atoms with van der Waals surface area (Å²) < 4.78 is 0. The Morgan fingerprint density at radius 1 is 1.50 bits per heavy atom. The molecule has 1 unspecified atom stereocenters. The van der Waals surface area contributed by atoms with Crippen molar-refractivity contribution in [3.63, 3.8) is 0 Å². The van der Waals surface area contributed by atoms with E-state index in [-0.39, 0.29) is 0 Å². The molecular weight excluding hydrogens is 220 g/mol. The first-order valence-electron chi connectivity index (χ1n) is 5.96. The average Bonchev–Trinajstić information content (AvgIpc) is 2.71. The molecule has 16 heavy (non-hydrogen) atoms. The van der Waals surface area contributed by atoms with Crippen LogP contribution in [0.5, 0.6) is 0 Å². The molecule has 1 fully saturated rings. The summed E-state index contributed by atoms with van der Waals surface area (Å²) in [5.41, 5.74) is 8.13. The molecule has 0 aliphatic carbocycles. The molecule has 1 heterocycles. The van der Waals surface area contributed by atoms with E-state index in [1.807, 2.05) is 12.1 Å². The van der Waals surface area contributed by atoms with Crippen LogP contribution in [0, 0.1) is 6.92 Å². The van der Waals surface area contributed by atoms with Gasteiger partial charge < -0.3 is 10.6 Å². The van der Waals surface area contributed by atoms with Gasteiger partial charge in [-0.3, -0.25) is 0 Å². The fourth-order valence-corrected chi connectivity index (χ4v) is 2.72. The third kappa shape index (κ3) is 2.18. The van der Waals surface area contributed by atoms with E-state index in [0.29, 0.717) is 6.04 Å². The minimum atomic E-state index is 0.599. The third-order valence-corrected chi connectivity index (χ3v) is 3.84. The molecule has 0 spiro atoms. The van der Waals surface area contributed by atoms with Gasteiger partial charge in [0.15, 0.2) is 0 Å². The lowest BCUT2D eigenvalue weighted by Crippen LogP contribution is -2.31. The lowest BCUT2D eigenvalue weighted by Gasteiger charge is -2.28. The van der Waals surface area contributed by atoms with Gasteiger partial charge in [0.05, 0.1) is 0 Å². The van der Waals surface area contributed by atoms with Gasteiger partial charge in [0.1, 0.15) is 0 Å². The largest absolute Gasteiger partial charge is 0.368 e. The first-order valence-corrected chi connectivity index (χ1v) is 6.33. The van der Waals surface area contributed by atoms with Crippen molar-refractivity contribution in [2.45, 2.75) is 32.2 Å². The number of hydrogen-bond acceptors (Lipinski definition) is 2. The molecule has 1 saturated heterocycles. The minimum Gasteiger partial charge on any atom is -0.368 e. The standard InChI is InChI=1S/C13H19ClN2/c1-10-12(14)5-2-6-13(10)16-9-3-4-11(16)7-8-15/h2,5-6,11H,3-4,7-9,15H2,1H3. The molecule has 1 atom stereocenters. The lowest BCUT2D eigenvalue weighted by atomic mass is 10.1. The van der Waals surface area contributed by atoms with E-state index in [9.17, 15) is 0 Å². The van der Waals surface area contributed by atoms with Crippen molar-refractivity contribution in [3.05, 3.63) is 28.8 Å². The van der Waals surface area contributed by atoms with E-state index in [4.69, 9.17) is 17.3 Å². The fourth-order valence-electron chi connectivity index (χ4n) is 2.55. The second-order valence-electron chi connectivity index (χ2n) is 4.45. The van der Waals surface area contributed by atoms with Gasteiger partial charge in [0.25, 0.3) is 0 Å². The Morgan fingerprint density at radius 3 is 3.06 bits per heavy atom. The average molecular weight is 239 g/mol. The highest BCUT2D eigenvalue weighted by Crippen LogP contribution is 2.32. The molecule has 0 radical (unpaired) electrons. The summed E-state index contributed by atoms with van der Waals surface area (Å²) in [5.74, 6) is 0. The van der Waals surface area contributed by atoms with Gasteiger partial charge in [0.2, 0.25) is 0 Å². The molecule has 0 saturated carbocycles. The number of anilines is 1. The summed E-state index contributed by atoms with van der Waals surface area (Å²) in [4.78, 5) is 2.47. The Balaban J connectivity index is 2.25. The van der Waals surface area contributed by atoms with E-state index >= 15 is 0 Å². The fraction of sp³-hybridized carbons (Fsp3) is 0.538. The van der Waals surface area contributed by atoms with Crippen LogP contribution in [0.25, 0.3) is 0 Å². The summed E-state index contributed by atoms with van der Waals surface area (Å²) in [6.07, 6.45) is 3.59. The maximum absolute atomic E-state index is 6.17. The molecule has 2 rings (SSSR count). The highest BCUT2D eigenvalue weighted by molar-refractivity contribution is 6.31. The predicted molar refractivity (Wildman–Crippen MR) is 70.2 cm³/mol. The molecule has 1 aromatic carbocycles. The van der Waals surface area contributed by atoms with Crippen LogP contribution in [0.2, 0.25) is 5.02 Å². The number of rotatable bonds is 3. The maximum atomic E-state index is 6.17. The minimum absolute atomic E-state index is 0.599. The molecule has 88 valence electrons. The van der Waals surface area contributed by atoms with E-state index in [2.05, 4.69) is 17.9 Å². The quantitative estimate of drug-likeness (QED) is 0.877. The molecule has 1 aliphatic rings. The van der Waals surface area contributed by atoms with Gasteiger partial charge >= 0.3 is 0 Å². The van der Waals surface area contributed by atoms with Crippen molar-refractivity contribution in [1.29, 1.82) is 0 Å².